The van der Waals surface area contributed by atoms with Crippen LogP contribution >= 0.6 is 0 Å². The second-order valence-corrected chi connectivity index (χ2v) is 10.5. The van der Waals surface area contributed by atoms with E-state index >= 15 is 0 Å². The van der Waals surface area contributed by atoms with Crippen LogP contribution in [0.25, 0.3) is 0 Å². The van der Waals surface area contributed by atoms with Gasteiger partial charge in [0.25, 0.3) is 10.1 Å². The van der Waals surface area contributed by atoms with Crippen molar-refractivity contribution in [2.24, 2.45) is 10.2 Å². The van der Waals surface area contributed by atoms with Gasteiger partial charge in [-0.15, -0.1) is 0 Å². The molecule has 0 bridgehead atoms. The van der Waals surface area contributed by atoms with Crippen LogP contribution in [0.15, 0.2) is 62.5 Å². The Hall–Kier alpha value is -2.43. The van der Waals surface area contributed by atoms with Gasteiger partial charge in [-0.1, -0.05) is 6.07 Å². The number of hydrogen-bond acceptors (Lipinski definition) is 10. The maximum Gasteiger partial charge on any atom is 0.397 e. The first-order valence-electron chi connectivity index (χ1n) is 8.53. The molecule has 2 aromatic carbocycles. The molecule has 2 rings (SSSR count). The molecule has 2 aromatic rings. The molecule has 31 heavy (non-hydrogen) atoms. The van der Waals surface area contributed by atoms with Crippen molar-refractivity contribution in [2.45, 2.75) is 16.7 Å². The Morgan fingerprint density at radius 1 is 0.935 bits per heavy atom. The molecule has 0 aliphatic rings. The van der Waals surface area contributed by atoms with Crippen molar-refractivity contribution in [3.8, 4) is 0 Å². The van der Waals surface area contributed by atoms with Gasteiger partial charge in [0, 0.05) is 6.54 Å². The number of benzene rings is 2. The standard InChI is InChI=1S/C16H19N3O9S3/c1-2-17-15-7-6-13(11-16(15)30(22,23)24)19-18-12-4-3-5-14(10-12)29(20,21)9-8-28-31(25,26)27/h3-7,10-11,17H,2,8-9H2,1H3,(H,22,23,24)(H,25,26,27). The van der Waals surface area contributed by atoms with Crippen LogP contribution in [0.3, 0.4) is 0 Å². The summed E-state index contributed by atoms with van der Waals surface area (Å²) in [6.45, 7) is 1.39. The van der Waals surface area contributed by atoms with Gasteiger partial charge < -0.3 is 5.32 Å². The predicted molar refractivity (Wildman–Crippen MR) is 111 cm³/mol. The molecule has 0 saturated heterocycles. The van der Waals surface area contributed by atoms with Crippen LogP contribution < -0.4 is 5.32 Å². The highest BCUT2D eigenvalue weighted by Gasteiger charge is 2.18. The van der Waals surface area contributed by atoms with Gasteiger partial charge in [0.05, 0.1) is 34.3 Å². The highest BCUT2D eigenvalue weighted by molar-refractivity contribution is 7.91. The Morgan fingerprint density at radius 3 is 2.16 bits per heavy atom. The maximum absolute atomic E-state index is 12.3. The van der Waals surface area contributed by atoms with Crippen molar-refractivity contribution in [3.63, 3.8) is 0 Å². The third kappa shape index (κ3) is 7.64. The van der Waals surface area contributed by atoms with Crippen molar-refractivity contribution in [2.75, 3.05) is 24.2 Å². The number of anilines is 1. The number of nitrogens with zero attached hydrogens (tertiary/aromatic N) is 2. The fourth-order valence-electron chi connectivity index (χ4n) is 2.34. The van der Waals surface area contributed by atoms with E-state index in [0.29, 0.717) is 6.54 Å². The molecule has 0 fully saturated rings. The van der Waals surface area contributed by atoms with Crippen LogP contribution in [0.1, 0.15) is 6.92 Å². The molecule has 0 aromatic heterocycles. The average molecular weight is 494 g/mol. The summed E-state index contributed by atoms with van der Waals surface area (Å²) in [6.07, 6.45) is 0. The monoisotopic (exact) mass is 493 g/mol. The summed E-state index contributed by atoms with van der Waals surface area (Å²) < 4.78 is 90.6. The molecule has 0 heterocycles. The Bertz CT molecular complexity index is 1290. The number of rotatable bonds is 10. The van der Waals surface area contributed by atoms with Gasteiger partial charge >= 0.3 is 10.4 Å². The van der Waals surface area contributed by atoms with Gasteiger partial charge in [0.2, 0.25) is 0 Å². The Kier molecular flexibility index (Phi) is 7.85. The molecule has 3 N–H and O–H groups in total. The summed E-state index contributed by atoms with van der Waals surface area (Å²) in [4.78, 5) is -0.579. The van der Waals surface area contributed by atoms with E-state index in [1.54, 1.807) is 6.92 Å². The minimum absolute atomic E-state index is 0.0871. The molecule has 0 unspecified atom stereocenters. The largest absolute Gasteiger partial charge is 0.397 e. The van der Waals surface area contributed by atoms with E-state index in [0.717, 1.165) is 6.07 Å². The van der Waals surface area contributed by atoms with Gasteiger partial charge in [-0.05, 0) is 43.3 Å². The maximum atomic E-state index is 12.3. The molecule has 170 valence electrons. The Labute approximate surface area is 179 Å². The van der Waals surface area contributed by atoms with Gasteiger partial charge in [-0.3, -0.25) is 9.11 Å². The van der Waals surface area contributed by atoms with Crippen LogP contribution in [-0.4, -0.2) is 53.3 Å². The first-order valence-corrected chi connectivity index (χ1v) is 13.0. The van der Waals surface area contributed by atoms with Gasteiger partial charge in [0.1, 0.15) is 4.90 Å². The summed E-state index contributed by atoms with van der Waals surface area (Å²) in [5.74, 6) is -0.711. The summed E-state index contributed by atoms with van der Waals surface area (Å²) in [6, 6.07) is 9.19. The lowest BCUT2D eigenvalue weighted by atomic mass is 10.3. The molecular formula is C16H19N3O9S3. The zero-order valence-electron chi connectivity index (χ0n) is 16.0. The zero-order chi connectivity index (χ0) is 23.3. The third-order valence-electron chi connectivity index (χ3n) is 3.65. The Morgan fingerprint density at radius 2 is 1.58 bits per heavy atom. The second-order valence-electron chi connectivity index (χ2n) is 5.95. The molecule has 0 atom stereocenters. The fraction of sp³-hybridized carbons (Fsp3) is 0.250. The van der Waals surface area contributed by atoms with E-state index in [1.165, 1.54) is 36.4 Å². The predicted octanol–water partition coefficient (Wildman–Crippen LogP) is 2.37. The van der Waals surface area contributed by atoms with Crippen LogP contribution in [0.4, 0.5) is 17.1 Å². The van der Waals surface area contributed by atoms with Crippen molar-refractivity contribution in [3.05, 3.63) is 42.5 Å². The molecule has 12 nitrogen and oxygen atoms in total. The van der Waals surface area contributed by atoms with E-state index < -0.39 is 42.7 Å². The van der Waals surface area contributed by atoms with Crippen LogP contribution in [0.2, 0.25) is 0 Å². The lowest BCUT2D eigenvalue weighted by Gasteiger charge is -2.08. The molecule has 0 aliphatic heterocycles. The number of hydrogen-bond donors (Lipinski definition) is 3. The molecule has 0 aliphatic carbocycles. The normalized spacial score (nSPS) is 12.9. The van der Waals surface area contributed by atoms with E-state index in [4.69, 9.17) is 4.55 Å². The minimum atomic E-state index is -4.76. The Balaban J connectivity index is 2.26. The molecular weight excluding hydrogens is 474 g/mol. The zero-order valence-corrected chi connectivity index (χ0v) is 18.5. The lowest BCUT2D eigenvalue weighted by molar-refractivity contribution is 0.284. The van der Waals surface area contributed by atoms with E-state index in [1.807, 2.05) is 0 Å². The quantitative estimate of drug-likeness (QED) is 0.327. The number of nitrogens with one attached hydrogen (secondary N) is 1. The third-order valence-corrected chi connectivity index (χ3v) is 6.69. The SMILES string of the molecule is CCNc1ccc(N=Nc2cccc(S(=O)(=O)CCOS(=O)(=O)O)c2)cc1S(=O)(=O)O. The summed E-state index contributed by atoms with van der Waals surface area (Å²) >= 11 is 0. The van der Waals surface area contributed by atoms with Crippen molar-refractivity contribution >= 4 is 47.4 Å². The molecule has 15 heteroatoms. The first kappa shape index (κ1) is 24.8. The van der Waals surface area contributed by atoms with Crippen LogP contribution in [0, 0.1) is 0 Å². The van der Waals surface area contributed by atoms with Crippen molar-refractivity contribution in [1.82, 2.24) is 0 Å². The highest BCUT2D eigenvalue weighted by Crippen LogP contribution is 2.28. The second kappa shape index (κ2) is 9.80. The van der Waals surface area contributed by atoms with Gasteiger partial charge in [-0.25, -0.2) is 12.6 Å². The summed E-state index contributed by atoms with van der Waals surface area (Å²) in [5.41, 5.74) is 0.384. The lowest BCUT2D eigenvalue weighted by Crippen LogP contribution is -2.15. The smallest absolute Gasteiger partial charge is 0.384 e. The van der Waals surface area contributed by atoms with E-state index in [-0.39, 0.29) is 26.9 Å². The average Bonchev–Trinajstić information content (AvgIpc) is 2.65. The minimum Gasteiger partial charge on any atom is -0.384 e. The van der Waals surface area contributed by atoms with E-state index in [9.17, 15) is 29.8 Å². The number of sulfone groups is 1. The van der Waals surface area contributed by atoms with Crippen LogP contribution in [0.5, 0.6) is 0 Å². The summed E-state index contributed by atoms with van der Waals surface area (Å²) in [5, 5.41) is 10.5. The topological polar surface area (TPSA) is 189 Å². The van der Waals surface area contributed by atoms with Crippen LogP contribution in [-0.2, 0) is 34.5 Å². The van der Waals surface area contributed by atoms with Gasteiger partial charge in [-0.2, -0.15) is 27.1 Å². The molecule has 0 saturated carbocycles. The summed E-state index contributed by atoms with van der Waals surface area (Å²) in [7, 11) is -13.2. The molecule has 0 spiro atoms. The van der Waals surface area contributed by atoms with Gasteiger partial charge in [0.15, 0.2) is 9.84 Å². The van der Waals surface area contributed by atoms with Crippen molar-refractivity contribution in [1.29, 1.82) is 0 Å². The van der Waals surface area contributed by atoms with Crippen molar-refractivity contribution < 1.29 is 38.5 Å². The molecule has 0 amide bonds. The number of azo groups is 1. The van der Waals surface area contributed by atoms with E-state index in [2.05, 4.69) is 19.7 Å². The first-order chi connectivity index (χ1) is 14.3. The fourth-order valence-corrected chi connectivity index (χ4v) is 4.56. The molecule has 0 radical (unpaired) electrons. The highest BCUT2D eigenvalue weighted by atomic mass is 32.3.